The molecule has 1 aromatic carbocycles. The van der Waals surface area contributed by atoms with Gasteiger partial charge in [-0.3, -0.25) is 9.69 Å². The molecule has 6 heteroatoms. The van der Waals surface area contributed by atoms with E-state index in [-0.39, 0.29) is 5.91 Å². The molecular formula is C18H23N3O2S. The van der Waals surface area contributed by atoms with Gasteiger partial charge in [0, 0.05) is 31.4 Å². The number of aromatic nitrogens is 1. The van der Waals surface area contributed by atoms with Crippen LogP contribution in [-0.2, 0) is 29.0 Å². The Bertz CT molecular complexity index is 639. The third-order valence-corrected chi connectivity index (χ3v) is 4.91. The maximum atomic E-state index is 12.0. The van der Waals surface area contributed by atoms with Crippen molar-refractivity contribution in [1.82, 2.24) is 15.2 Å². The molecule has 1 N–H and O–H groups in total. The number of thiazole rings is 1. The molecule has 1 aliphatic heterocycles. The van der Waals surface area contributed by atoms with Crippen molar-refractivity contribution in [2.24, 2.45) is 0 Å². The van der Waals surface area contributed by atoms with E-state index in [2.05, 4.69) is 20.6 Å². The van der Waals surface area contributed by atoms with Gasteiger partial charge >= 0.3 is 0 Å². The number of rotatable bonds is 7. The number of carbonyl (C=O) groups excluding carboxylic acids is 1. The normalized spacial score (nSPS) is 15.3. The lowest BCUT2D eigenvalue weighted by Crippen LogP contribution is -2.35. The number of aryl methyl sites for hydroxylation is 1. The molecule has 1 aromatic heterocycles. The van der Waals surface area contributed by atoms with Gasteiger partial charge in [-0.2, -0.15) is 0 Å². The number of carbonyl (C=O) groups is 1. The van der Waals surface area contributed by atoms with Crippen LogP contribution in [0.15, 0.2) is 35.7 Å². The van der Waals surface area contributed by atoms with Gasteiger partial charge in [0.15, 0.2) is 0 Å². The van der Waals surface area contributed by atoms with Gasteiger partial charge in [0.25, 0.3) is 0 Å². The minimum atomic E-state index is 0.0729. The second-order valence-electron chi connectivity index (χ2n) is 5.88. The Morgan fingerprint density at radius 2 is 2.04 bits per heavy atom. The molecule has 0 bridgehead atoms. The number of amides is 1. The molecule has 128 valence electrons. The van der Waals surface area contributed by atoms with Crippen LogP contribution in [0, 0.1) is 0 Å². The molecule has 1 fully saturated rings. The largest absolute Gasteiger partial charge is 0.379 e. The number of morpholine rings is 1. The van der Waals surface area contributed by atoms with Gasteiger partial charge in [0.05, 0.1) is 25.5 Å². The number of hydrogen-bond acceptors (Lipinski definition) is 5. The Labute approximate surface area is 146 Å². The van der Waals surface area contributed by atoms with Gasteiger partial charge in [-0.25, -0.2) is 4.98 Å². The maximum absolute atomic E-state index is 12.0. The third-order valence-electron chi connectivity index (χ3n) is 4.01. The Kier molecular flexibility index (Phi) is 6.34. The Morgan fingerprint density at radius 1 is 1.25 bits per heavy atom. The third kappa shape index (κ3) is 5.40. The lowest BCUT2D eigenvalue weighted by atomic mass is 10.1. The lowest BCUT2D eigenvalue weighted by Gasteiger charge is -2.25. The summed E-state index contributed by atoms with van der Waals surface area (Å²) in [6.07, 6.45) is 1.28. The summed E-state index contributed by atoms with van der Waals surface area (Å²) >= 11 is 1.61. The van der Waals surface area contributed by atoms with E-state index < -0.39 is 0 Å². The Morgan fingerprint density at radius 3 is 2.83 bits per heavy atom. The fourth-order valence-electron chi connectivity index (χ4n) is 2.66. The Hall–Kier alpha value is -1.76. The van der Waals surface area contributed by atoms with Crippen LogP contribution < -0.4 is 5.32 Å². The van der Waals surface area contributed by atoms with Crippen LogP contribution in [0.5, 0.6) is 0 Å². The molecule has 2 heterocycles. The molecule has 0 atom stereocenters. The van der Waals surface area contributed by atoms with Gasteiger partial charge in [-0.15, -0.1) is 11.3 Å². The quantitative estimate of drug-likeness (QED) is 0.836. The first-order chi connectivity index (χ1) is 11.8. The van der Waals surface area contributed by atoms with Gasteiger partial charge in [0.1, 0.15) is 5.01 Å². The molecule has 1 saturated heterocycles. The molecule has 24 heavy (non-hydrogen) atoms. The van der Waals surface area contributed by atoms with Crippen molar-refractivity contribution in [3.63, 3.8) is 0 Å². The van der Waals surface area contributed by atoms with E-state index in [0.29, 0.717) is 13.0 Å². The summed E-state index contributed by atoms with van der Waals surface area (Å²) in [5.74, 6) is 0.0729. The van der Waals surface area contributed by atoms with Crippen molar-refractivity contribution in [3.05, 3.63) is 52.0 Å². The monoisotopic (exact) mass is 345 g/mol. The SMILES string of the molecule is O=C(CCc1ccccc1)NCc1nc(CN2CCOCC2)cs1. The molecule has 1 aliphatic rings. The zero-order valence-corrected chi connectivity index (χ0v) is 14.6. The number of nitrogens with zero attached hydrogens (tertiary/aromatic N) is 2. The summed E-state index contributed by atoms with van der Waals surface area (Å²) in [5.41, 5.74) is 2.27. The van der Waals surface area contributed by atoms with E-state index in [9.17, 15) is 4.79 Å². The van der Waals surface area contributed by atoms with Crippen molar-refractivity contribution >= 4 is 17.2 Å². The van der Waals surface area contributed by atoms with Gasteiger partial charge in [-0.1, -0.05) is 30.3 Å². The fraction of sp³-hybridized carbons (Fsp3) is 0.444. The minimum absolute atomic E-state index is 0.0729. The minimum Gasteiger partial charge on any atom is -0.379 e. The molecule has 0 radical (unpaired) electrons. The van der Waals surface area contributed by atoms with Crippen LogP contribution in [0.4, 0.5) is 0 Å². The molecule has 0 unspecified atom stereocenters. The average molecular weight is 345 g/mol. The van der Waals surface area contributed by atoms with Gasteiger partial charge < -0.3 is 10.1 Å². The number of nitrogens with one attached hydrogen (secondary N) is 1. The molecule has 0 saturated carbocycles. The topological polar surface area (TPSA) is 54.5 Å². The molecule has 1 amide bonds. The highest BCUT2D eigenvalue weighted by molar-refractivity contribution is 7.09. The Balaban J connectivity index is 1.39. The molecular weight excluding hydrogens is 322 g/mol. The summed E-state index contributed by atoms with van der Waals surface area (Å²) in [4.78, 5) is 18.9. The van der Waals surface area contributed by atoms with Crippen LogP contribution in [0.1, 0.15) is 22.7 Å². The van der Waals surface area contributed by atoms with E-state index in [1.807, 2.05) is 30.3 Å². The molecule has 0 aliphatic carbocycles. The first-order valence-electron chi connectivity index (χ1n) is 8.33. The number of hydrogen-bond donors (Lipinski definition) is 1. The van der Waals surface area contributed by atoms with E-state index >= 15 is 0 Å². The number of ether oxygens (including phenoxy) is 1. The van der Waals surface area contributed by atoms with Gasteiger partial charge in [0.2, 0.25) is 5.91 Å². The second-order valence-corrected chi connectivity index (χ2v) is 6.83. The number of benzene rings is 1. The highest BCUT2D eigenvalue weighted by Crippen LogP contribution is 2.13. The van der Waals surface area contributed by atoms with E-state index in [1.54, 1.807) is 11.3 Å². The highest BCUT2D eigenvalue weighted by Gasteiger charge is 2.12. The van der Waals surface area contributed by atoms with Gasteiger partial charge in [-0.05, 0) is 12.0 Å². The molecule has 3 rings (SSSR count). The van der Waals surface area contributed by atoms with Crippen LogP contribution in [0.2, 0.25) is 0 Å². The second kappa shape index (κ2) is 8.92. The van der Waals surface area contributed by atoms with Crippen molar-refractivity contribution < 1.29 is 9.53 Å². The maximum Gasteiger partial charge on any atom is 0.220 e. The van der Waals surface area contributed by atoms with Crippen molar-refractivity contribution in [3.8, 4) is 0 Å². The van der Waals surface area contributed by atoms with E-state index in [0.717, 1.165) is 50.0 Å². The zero-order chi connectivity index (χ0) is 16.6. The summed E-state index contributed by atoms with van der Waals surface area (Å²) in [5, 5.41) is 6.01. The molecule has 0 spiro atoms. The van der Waals surface area contributed by atoms with Crippen LogP contribution >= 0.6 is 11.3 Å². The lowest BCUT2D eigenvalue weighted by molar-refractivity contribution is -0.121. The fourth-order valence-corrected chi connectivity index (χ4v) is 3.38. The van der Waals surface area contributed by atoms with Crippen molar-refractivity contribution in [2.75, 3.05) is 26.3 Å². The van der Waals surface area contributed by atoms with Crippen LogP contribution in [-0.4, -0.2) is 42.1 Å². The first kappa shape index (κ1) is 17.1. The van der Waals surface area contributed by atoms with Crippen molar-refractivity contribution in [1.29, 1.82) is 0 Å². The standard InChI is InChI=1S/C18H23N3O2S/c22-17(7-6-15-4-2-1-3-5-15)19-12-18-20-16(14-24-18)13-21-8-10-23-11-9-21/h1-5,14H,6-13H2,(H,19,22). The highest BCUT2D eigenvalue weighted by atomic mass is 32.1. The average Bonchev–Trinajstić information content (AvgIpc) is 3.07. The summed E-state index contributed by atoms with van der Waals surface area (Å²) < 4.78 is 5.36. The summed E-state index contributed by atoms with van der Waals surface area (Å²) in [6.45, 7) is 4.90. The molecule has 2 aromatic rings. The predicted molar refractivity (Wildman–Crippen MR) is 94.8 cm³/mol. The van der Waals surface area contributed by atoms with Crippen molar-refractivity contribution in [2.45, 2.75) is 25.9 Å². The molecule has 5 nitrogen and oxygen atoms in total. The zero-order valence-electron chi connectivity index (χ0n) is 13.7. The first-order valence-corrected chi connectivity index (χ1v) is 9.21. The smallest absolute Gasteiger partial charge is 0.220 e. The van der Waals surface area contributed by atoms with Crippen LogP contribution in [0.25, 0.3) is 0 Å². The summed E-state index contributed by atoms with van der Waals surface area (Å²) in [6, 6.07) is 10.1. The predicted octanol–water partition coefficient (Wildman–Crippen LogP) is 2.22. The van der Waals surface area contributed by atoms with E-state index in [1.165, 1.54) is 5.56 Å². The van der Waals surface area contributed by atoms with E-state index in [4.69, 9.17) is 4.74 Å². The summed E-state index contributed by atoms with van der Waals surface area (Å²) in [7, 11) is 0. The van der Waals surface area contributed by atoms with Crippen LogP contribution in [0.3, 0.4) is 0 Å².